The van der Waals surface area contributed by atoms with Crippen LogP contribution in [0, 0.1) is 0 Å². The fourth-order valence-corrected chi connectivity index (χ4v) is 3.35. The number of aromatic amines is 1. The normalized spacial score (nSPS) is 13.0. The van der Waals surface area contributed by atoms with Crippen LogP contribution in [-0.2, 0) is 17.9 Å². The summed E-state index contributed by atoms with van der Waals surface area (Å²) in [6, 6.07) is 16.1. The Kier molecular flexibility index (Phi) is 5.40. The number of hydrogen-bond donors (Lipinski definition) is 1. The molecule has 0 spiro atoms. The van der Waals surface area contributed by atoms with Crippen LogP contribution in [0.2, 0.25) is 0 Å². The van der Waals surface area contributed by atoms with Crippen LogP contribution in [0.5, 0.6) is 0 Å². The molecule has 8 heteroatoms. The largest absolute Gasteiger partial charge is 0.359 e. The number of H-pyrrole nitrogens is 1. The first kappa shape index (κ1) is 19.5. The van der Waals surface area contributed by atoms with Crippen LogP contribution in [0.3, 0.4) is 0 Å². The van der Waals surface area contributed by atoms with Crippen molar-refractivity contribution in [1.82, 2.24) is 14.5 Å². The molecule has 3 aromatic rings. The second-order valence-corrected chi connectivity index (χ2v) is 6.89. The molecule has 4 rings (SSSR count). The van der Waals surface area contributed by atoms with Crippen LogP contribution in [0.25, 0.3) is 0 Å². The van der Waals surface area contributed by atoms with Crippen molar-refractivity contribution in [2.45, 2.75) is 13.2 Å². The first-order valence-corrected chi connectivity index (χ1v) is 9.44. The lowest BCUT2D eigenvalue weighted by molar-refractivity contribution is 0.0432. The highest BCUT2D eigenvalue weighted by molar-refractivity contribution is 6.21. The predicted molar refractivity (Wildman–Crippen MR) is 108 cm³/mol. The lowest BCUT2D eigenvalue weighted by atomic mass is 10.1. The Bertz CT molecular complexity index is 1180. The summed E-state index contributed by atoms with van der Waals surface area (Å²) in [5, 5.41) is 0. The quantitative estimate of drug-likeness (QED) is 0.473. The van der Waals surface area contributed by atoms with Gasteiger partial charge in [0.05, 0.1) is 24.3 Å². The minimum atomic E-state index is -0.586. The number of nitrogens with one attached hydrogen (secondary N) is 1. The summed E-state index contributed by atoms with van der Waals surface area (Å²) in [6.45, 7) is 0.0208. The van der Waals surface area contributed by atoms with E-state index in [-0.39, 0.29) is 31.7 Å². The molecule has 0 bridgehead atoms. The first-order chi connectivity index (χ1) is 14.5. The Morgan fingerprint density at radius 2 is 1.47 bits per heavy atom. The highest BCUT2D eigenvalue weighted by atomic mass is 16.5. The second-order valence-electron chi connectivity index (χ2n) is 6.89. The second kappa shape index (κ2) is 8.30. The van der Waals surface area contributed by atoms with Crippen molar-refractivity contribution >= 4 is 11.8 Å². The van der Waals surface area contributed by atoms with Gasteiger partial charge >= 0.3 is 5.69 Å². The van der Waals surface area contributed by atoms with E-state index in [1.807, 2.05) is 30.3 Å². The van der Waals surface area contributed by atoms with Crippen LogP contribution < -0.4 is 11.2 Å². The third kappa shape index (κ3) is 3.85. The van der Waals surface area contributed by atoms with Crippen LogP contribution >= 0.6 is 0 Å². The van der Waals surface area contributed by atoms with Crippen molar-refractivity contribution in [3.8, 4) is 0 Å². The van der Waals surface area contributed by atoms with Gasteiger partial charge in [0.2, 0.25) is 0 Å². The van der Waals surface area contributed by atoms with Crippen molar-refractivity contribution in [3.05, 3.63) is 104 Å². The van der Waals surface area contributed by atoms with E-state index in [0.29, 0.717) is 23.1 Å². The molecule has 1 aliphatic heterocycles. The van der Waals surface area contributed by atoms with Crippen molar-refractivity contribution < 1.29 is 14.3 Å². The van der Waals surface area contributed by atoms with Gasteiger partial charge in [-0.2, -0.15) is 0 Å². The molecule has 2 heterocycles. The van der Waals surface area contributed by atoms with Gasteiger partial charge in [0, 0.05) is 18.2 Å². The van der Waals surface area contributed by atoms with Gasteiger partial charge in [0.1, 0.15) is 6.73 Å². The Balaban J connectivity index is 1.38. The topological polar surface area (TPSA) is 101 Å². The highest BCUT2D eigenvalue weighted by Crippen LogP contribution is 2.21. The number of fused-ring (bicyclic) bond motifs is 1. The van der Waals surface area contributed by atoms with E-state index in [2.05, 4.69) is 4.98 Å². The first-order valence-electron chi connectivity index (χ1n) is 9.44. The van der Waals surface area contributed by atoms with Gasteiger partial charge in [0.25, 0.3) is 17.4 Å². The number of imide groups is 1. The van der Waals surface area contributed by atoms with Gasteiger partial charge in [-0.25, -0.2) is 4.79 Å². The Hall–Kier alpha value is -3.78. The number of hydrogen-bond acceptors (Lipinski definition) is 5. The summed E-state index contributed by atoms with van der Waals surface area (Å²) < 4.78 is 6.75. The summed E-state index contributed by atoms with van der Waals surface area (Å²) in [7, 11) is 0. The van der Waals surface area contributed by atoms with E-state index in [0.717, 1.165) is 10.5 Å². The Morgan fingerprint density at radius 1 is 0.833 bits per heavy atom. The molecule has 152 valence electrons. The van der Waals surface area contributed by atoms with Crippen LogP contribution in [0.4, 0.5) is 0 Å². The van der Waals surface area contributed by atoms with Crippen LogP contribution in [0.15, 0.2) is 70.4 Å². The molecule has 0 aliphatic carbocycles. The molecule has 8 nitrogen and oxygen atoms in total. The molecule has 30 heavy (non-hydrogen) atoms. The number of benzene rings is 2. The van der Waals surface area contributed by atoms with Crippen molar-refractivity contribution in [2.75, 3.05) is 13.2 Å². The number of aromatic nitrogens is 2. The minimum Gasteiger partial charge on any atom is -0.359 e. The fraction of sp³-hybridized carbons (Fsp3) is 0.182. The molecule has 0 saturated carbocycles. The van der Waals surface area contributed by atoms with Gasteiger partial charge in [-0.1, -0.05) is 42.5 Å². The minimum absolute atomic E-state index is 0.0606. The molecule has 0 radical (unpaired) electrons. The fourth-order valence-electron chi connectivity index (χ4n) is 3.35. The summed E-state index contributed by atoms with van der Waals surface area (Å²) in [4.78, 5) is 52.2. The predicted octanol–water partition coefficient (Wildman–Crippen LogP) is 1.40. The van der Waals surface area contributed by atoms with Crippen molar-refractivity contribution in [3.63, 3.8) is 0 Å². The summed E-state index contributed by atoms with van der Waals surface area (Å²) in [5.41, 5.74) is 1.11. The average Bonchev–Trinajstić information content (AvgIpc) is 2.99. The van der Waals surface area contributed by atoms with Crippen LogP contribution in [-0.4, -0.2) is 39.4 Å². The summed E-state index contributed by atoms with van der Waals surface area (Å²) in [6.07, 6.45) is 1.85. The monoisotopic (exact) mass is 405 g/mol. The smallest absolute Gasteiger partial charge is 0.330 e. The molecule has 0 atom stereocenters. The zero-order chi connectivity index (χ0) is 21.1. The van der Waals surface area contributed by atoms with E-state index in [4.69, 9.17) is 4.74 Å². The number of amides is 2. The number of rotatable bonds is 7. The van der Waals surface area contributed by atoms with Gasteiger partial charge in [-0.15, -0.1) is 0 Å². The molecule has 0 saturated heterocycles. The molecule has 1 aliphatic rings. The average molecular weight is 405 g/mol. The standard InChI is InChI=1S/C22H19N3O5/c26-19-16(12-15-6-2-1-3-7-15)13-24(22(29)23-19)14-30-11-10-25-20(27)17-8-4-5-9-18(17)21(25)28/h1-9,13H,10-12,14H2,(H,23,26,29). The third-order valence-corrected chi connectivity index (χ3v) is 4.89. The zero-order valence-electron chi connectivity index (χ0n) is 16.0. The van der Waals surface area contributed by atoms with Gasteiger partial charge in [-0.05, 0) is 17.7 Å². The maximum atomic E-state index is 12.3. The molecule has 1 N–H and O–H groups in total. The van der Waals surface area contributed by atoms with E-state index in [9.17, 15) is 19.2 Å². The molecule has 2 aromatic carbocycles. The number of nitrogens with zero attached hydrogens (tertiary/aromatic N) is 2. The maximum absolute atomic E-state index is 12.3. The Labute approximate surface area is 171 Å². The number of ether oxygens (including phenoxy) is 1. The SMILES string of the molecule is O=C1c2ccccc2C(=O)N1CCOCn1cc(Cc2ccccc2)c(=O)[nH]c1=O. The van der Waals surface area contributed by atoms with Gasteiger partial charge < -0.3 is 4.74 Å². The zero-order valence-corrected chi connectivity index (χ0v) is 16.0. The van der Waals surface area contributed by atoms with E-state index >= 15 is 0 Å². The third-order valence-electron chi connectivity index (χ3n) is 4.89. The van der Waals surface area contributed by atoms with Crippen molar-refractivity contribution in [2.24, 2.45) is 0 Å². The van der Waals surface area contributed by atoms with E-state index < -0.39 is 11.2 Å². The highest BCUT2D eigenvalue weighted by Gasteiger charge is 2.34. The lowest BCUT2D eigenvalue weighted by Crippen LogP contribution is -2.35. The molecule has 0 fully saturated rings. The summed E-state index contributed by atoms with van der Waals surface area (Å²) >= 11 is 0. The van der Waals surface area contributed by atoms with Crippen LogP contribution in [0.1, 0.15) is 31.8 Å². The molecule has 0 unspecified atom stereocenters. The summed E-state index contributed by atoms with van der Waals surface area (Å²) in [5.74, 6) is -0.712. The maximum Gasteiger partial charge on any atom is 0.330 e. The van der Waals surface area contributed by atoms with Gasteiger partial charge in [0.15, 0.2) is 0 Å². The molecular formula is C22H19N3O5. The molecular weight excluding hydrogens is 386 g/mol. The van der Waals surface area contributed by atoms with Crippen molar-refractivity contribution in [1.29, 1.82) is 0 Å². The lowest BCUT2D eigenvalue weighted by Gasteiger charge is -2.14. The molecule has 1 aromatic heterocycles. The molecule has 2 amide bonds. The number of carbonyl (C=O) groups is 2. The Morgan fingerprint density at radius 3 is 2.13 bits per heavy atom. The van der Waals surface area contributed by atoms with Gasteiger partial charge in [-0.3, -0.25) is 28.8 Å². The van der Waals surface area contributed by atoms with E-state index in [1.54, 1.807) is 24.3 Å². The van der Waals surface area contributed by atoms with E-state index in [1.165, 1.54) is 10.8 Å². The number of carbonyl (C=O) groups excluding carboxylic acids is 2.